The normalized spacial score (nSPS) is 10.3. The van der Waals surface area contributed by atoms with Gasteiger partial charge in [-0.25, -0.2) is 4.79 Å². The van der Waals surface area contributed by atoms with Crippen molar-refractivity contribution in [2.24, 2.45) is 0 Å². The summed E-state index contributed by atoms with van der Waals surface area (Å²) in [5.74, 6) is 0. The molecule has 0 spiro atoms. The number of hydrogen-bond donors (Lipinski definition) is 2. The Morgan fingerprint density at radius 3 is 2.45 bits per heavy atom. The molecule has 0 aliphatic carbocycles. The highest BCUT2D eigenvalue weighted by atomic mass is 35.5. The summed E-state index contributed by atoms with van der Waals surface area (Å²) in [6.45, 7) is 4.12. The zero-order chi connectivity index (χ0) is 14.8. The fraction of sp³-hybridized carbons (Fsp3) is 0.500. The van der Waals surface area contributed by atoms with Gasteiger partial charge in [0.2, 0.25) is 0 Å². The zero-order valence-electron chi connectivity index (χ0n) is 11.5. The first-order chi connectivity index (χ1) is 9.61. The summed E-state index contributed by atoms with van der Waals surface area (Å²) in [6.07, 6.45) is 2.99. The van der Waals surface area contributed by atoms with Gasteiger partial charge in [0.15, 0.2) is 0 Å². The summed E-state index contributed by atoms with van der Waals surface area (Å²) < 4.78 is 5.40. The molecular formula is C14H20Cl2N2O2. The molecule has 0 fully saturated rings. The van der Waals surface area contributed by atoms with Crippen LogP contribution in [0.3, 0.4) is 0 Å². The Bertz CT molecular complexity index is 407. The topological polar surface area (TPSA) is 50.4 Å². The van der Waals surface area contributed by atoms with E-state index in [4.69, 9.17) is 27.9 Å². The number of urea groups is 1. The van der Waals surface area contributed by atoms with Crippen LogP contribution < -0.4 is 10.6 Å². The lowest BCUT2D eigenvalue weighted by Crippen LogP contribution is -2.30. The van der Waals surface area contributed by atoms with E-state index in [1.807, 2.05) is 0 Å². The number of carbonyl (C=O) groups excluding carboxylic acids is 1. The highest BCUT2D eigenvalue weighted by Gasteiger charge is 2.03. The fourth-order valence-electron chi connectivity index (χ4n) is 1.53. The minimum absolute atomic E-state index is 0.281. The van der Waals surface area contributed by atoms with Crippen molar-refractivity contribution in [1.29, 1.82) is 0 Å². The second-order valence-corrected chi connectivity index (χ2v) is 5.23. The van der Waals surface area contributed by atoms with Gasteiger partial charge in [-0.05, 0) is 31.0 Å². The number of unbranched alkanes of at least 4 members (excludes halogenated alkanes) is 1. The van der Waals surface area contributed by atoms with Gasteiger partial charge in [0.25, 0.3) is 0 Å². The summed E-state index contributed by atoms with van der Waals surface area (Å²) in [5.41, 5.74) is 0.569. The highest BCUT2D eigenvalue weighted by Crippen LogP contribution is 2.22. The third-order valence-electron chi connectivity index (χ3n) is 2.51. The number of rotatable bonds is 8. The average molecular weight is 319 g/mol. The Kier molecular flexibility index (Phi) is 8.42. The van der Waals surface area contributed by atoms with Gasteiger partial charge >= 0.3 is 6.03 Å². The molecule has 1 aromatic carbocycles. The Balaban J connectivity index is 2.17. The van der Waals surface area contributed by atoms with Gasteiger partial charge in [0.1, 0.15) is 0 Å². The number of anilines is 1. The molecular weight excluding hydrogens is 299 g/mol. The SMILES string of the molecule is CCCCOCCCNC(=O)Nc1cc(Cl)cc(Cl)c1. The minimum atomic E-state index is -0.281. The van der Waals surface area contributed by atoms with Crippen molar-refractivity contribution in [1.82, 2.24) is 5.32 Å². The van der Waals surface area contributed by atoms with Crippen LogP contribution in [0.15, 0.2) is 18.2 Å². The summed E-state index contributed by atoms with van der Waals surface area (Å²) in [4.78, 5) is 11.6. The number of benzene rings is 1. The molecule has 4 nitrogen and oxygen atoms in total. The molecule has 0 atom stereocenters. The molecule has 20 heavy (non-hydrogen) atoms. The molecule has 0 saturated heterocycles. The van der Waals surface area contributed by atoms with Crippen LogP contribution in [0.2, 0.25) is 10.0 Å². The van der Waals surface area contributed by atoms with Crippen LogP contribution >= 0.6 is 23.2 Å². The van der Waals surface area contributed by atoms with Crippen LogP contribution in [-0.2, 0) is 4.74 Å². The number of amides is 2. The van der Waals surface area contributed by atoms with E-state index in [0.717, 1.165) is 25.9 Å². The average Bonchev–Trinajstić information content (AvgIpc) is 2.36. The lowest BCUT2D eigenvalue weighted by molar-refractivity contribution is 0.129. The maximum Gasteiger partial charge on any atom is 0.319 e. The molecule has 1 aromatic rings. The van der Waals surface area contributed by atoms with Gasteiger partial charge in [-0.1, -0.05) is 36.5 Å². The molecule has 112 valence electrons. The van der Waals surface area contributed by atoms with E-state index in [-0.39, 0.29) is 6.03 Å². The van der Waals surface area contributed by atoms with Crippen molar-refractivity contribution in [3.63, 3.8) is 0 Å². The van der Waals surface area contributed by atoms with Crippen LogP contribution in [0.4, 0.5) is 10.5 Å². The molecule has 0 saturated carbocycles. The number of nitrogens with one attached hydrogen (secondary N) is 2. The standard InChI is InChI=1S/C14H20Cl2N2O2/c1-2-3-6-20-7-4-5-17-14(19)18-13-9-11(15)8-12(16)10-13/h8-10H,2-7H2,1H3,(H2,17,18,19). The van der Waals surface area contributed by atoms with Gasteiger partial charge in [-0.3, -0.25) is 0 Å². The lowest BCUT2D eigenvalue weighted by Gasteiger charge is -2.08. The Labute approximate surface area is 129 Å². The van der Waals surface area contributed by atoms with Crippen molar-refractivity contribution >= 4 is 34.9 Å². The molecule has 0 aliphatic rings. The molecule has 2 N–H and O–H groups in total. The van der Waals surface area contributed by atoms with E-state index in [0.29, 0.717) is 28.9 Å². The molecule has 0 aromatic heterocycles. The van der Waals surface area contributed by atoms with E-state index < -0.39 is 0 Å². The lowest BCUT2D eigenvalue weighted by atomic mass is 10.3. The van der Waals surface area contributed by atoms with E-state index >= 15 is 0 Å². The quantitative estimate of drug-likeness (QED) is 0.701. The monoisotopic (exact) mass is 318 g/mol. The van der Waals surface area contributed by atoms with Gasteiger partial charge in [0.05, 0.1) is 0 Å². The Morgan fingerprint density at radius 1 is 1.15 bits per heavy atom. The van der Waals surface area contributed by atoms with Crippen LogP contribution in [0, 0.1) is 0 Å². The molecule has 0 radical (unpaired) electrons. The third kappa shape index (κ3) is 7.58. The highest BCUT2D eigenvalue weighted by molar-refractivity contribution is 6.35. The number of halogens is 2. The molecule has 6 heteroatoms. The van der Waals surface area contributed by atoms with Crippen molar-refractivity contribution in [2.45, 2.75) is 26.2 Å². The van der Waals surface area contributed by atoms with Gasteiger partial charge in [-0.15, -0.1) is 0 Å². The molecule has 0 heterocycles. The van der Waals surface area contributed by atoms with Crippen LogP contribution in [0.25, 0.3) is 0 Å². The molecule has 0 unspecified atom stereocenters. The predicted molar refractivity (Wildman–Crippen MR) is 83.8 cm³/mol. The zero-order valence-corrected chi connectivity index (χ0v) is 13.1. The largest absolute Gasteiger partial charge is 0.381 e. The van der Waals surface area contributed by atoms with Crippen LogP contribution in [0.1, 0.15) is 26.2 Å². The molecule has 1 rings (SSSR count). The molecule has 2 amide bonds. The summed E-state index contributed by atoms with van der Waals surface area (Å²) in [7, 11) is 0. The second-order valence-electron chi connectivity index (χ2n) is 4.36. The first-order valence-electron chi connectivity index (χ1n) is 6.70. The number of hydrogen-bond acceptors (Lipinski definition) is 2. The summed E-state index contributed by atoms with van der Waals surface area (Å²) >= 11 is 11.7. The maximum absolute atomic E-state index is 11.6. The predicted octanol–water partition coefficient (Wildman–Crippen LogP) is 4.32. The van der Waals surface area contributed by atoms with E-state index in [1.54, 1.807) is 18.2 Å². The first kappa shape index (κ1) is 17.1. The van der Waals surface area contributed by atoms with Crippen LogP contribution in [-0.4, -0.2) is 25.8 Å². The summed E-state index contributed by atoms with van der Waals surface area (Å²) in [6, 6.07) is 4.61. The second kappa shape index (κ2) is 9.86. The Morgan fingerprint density at radius 2 is 1.80 bits per heavy atom. The van der Waals surface area contributed by atoms with Crippen molar-refractivity contribution in [2.75, 3.05) is 25.1 Å². The number of ether oxygens (including phenoxy) is 1. The minimum Gasteiger partial charge on any atom is -0.381 e. The maximum atomic E-state index is 11.6. The smallest absolute Gasteiger partial charge is 0.319 e. The van der Waals surface area contributed by atoms with E-state index in [2.05, 4.69) is 17.6 Å². The van der Waals surface area contributed by atoms with Gasteiger partial charge in [0, 0.05) is 35.5 Å². The van der Waals surface area contributed by atoms with Crippen molar-refractivity contribution in [3.8, 4) is 0 Å². The molecule has 0 bridgehead atoms. The third-order valence-corrected chi connectivity index (χ3v) is 2.95. The van der Waals surface area contributed by atoms with E-state index in [1.165, 1.54) is 0 Å². The van der Waals surface area contributed by atoms with Gasteiger partial charge < -0.3 is 15.4 Å². The molecule has 0 aliphatic heterocycles. The first-order valence-corrected chi connectivity index (χ1v) is 7.46. The van der Waals surface area contributed by atoms with E-state index in [9.17, 15) is 4.79 Å². The van der Waals surface area contributed by atoms with Crippen molar-refractivity contribution in [3.05, 3.63) is 28.2 Å². The Hall–Kier alpha value is -0.970. The summed E-state index contributed by atoms with van der Waals surface area (Å²) in [5, 5.41) is 6.39. The van der Waals surface area contributed by atoms with Crippen molar-refractivity contribution < 1.29 is 9.53 Å². The fourth-order valence-corrected chi connectivity index (χ4v) is 2.05. The van der Waals surface area contributed by atoms with Crippen LogP contribution in [0.5, 0.6) is 0 Å². The number of carbonyl (C=O) groups is 1. The van der Waals surface area contributed by atoms with Gasteiger partial charge in [-0.2, -0.15) is 0 Å².